The fraction of sp³-hybridized carbons (Fsp3) is 0.222. The molecule has 2 aromatic rings. The van der Waals surface area contributed by atoms with E-state index in [0.717, 1.165) is 5.56 Å². The van der Waals surface area contributed by atoms with Gasteiger partial charge in [-0.1, -0.05) is 35.9 Å². The maximum absolute atomic E-state index is 12.1. The van der Waals surface area contributed by atoms with Crippen molar-refractivity contribution in [2.24, 2.45) is 0 Å². The minimum absolute atomic E-state index is 0.0688. The Morgan fingerprint density at radius 2 is 1.77 bits per heavy atom. The van der Waals surface area contributed by atoms with Crippen LogP contribution in [0.4, 0.5) is 8.78 Å². The van der Waals surface area contributed by atoms with Crippen molar-refractivity contribution in [1.82, 2.24) is 5.32 Å². The first-order valence-corrected chi connectivity index (χ1v) is 8.05. The Morgan fingerprint density at radius 1 is 1.08 bits per heavy atom. The number of hydrogen-bond donors (Lipinski definition) is 1. The zero-order chi connectivity index (χ0) is 18.9. The second kappa shape index (κ2) is 9.72. The number of carbonyl (C=O) groups is 2. The second-order valence-electron chi connectivity index (χ2n) is 5.18. The molecular formula is C18H16ClF2NO4. The molecule has 26 heavy (non-hydrogen) atoms. The van der Waals surface area contributed by atoms with E-state index in [9.17, 15) is 18.4 Å². The molecule has 0 atom stereocenters. The van der Waals surface area contributed by atoms with Crippen LogP contribution in [-0.2, 0) is 16.0 Å². The molecule has 2 rings (SSSR count). The van der Waals surface area contributed by atoms with E-state index in [2.05, 4.69) is 10.1 Å². The van der Waals surface area contributed by atoms with Crippen LogP contribution in [0.25, 0.3) is 0 Å². The van der Waals surface area contributed by atoms with Gasteiger partial charge in [-0.2, -0.15) is 8.78 Å². The van der Waals surface area contributed by atoms with Crippen molar-refractivity contribution in [3.05, 3.63) is 64.7 Å². The van der Waals surface area contributed by atoms with Crippen molar-refractivity contribution in [3.8, 4) is 5.75 Å². The maximum atomic E-state index is 12.1. The van der Waals surface area contributed by atoms with Gasteiger partial charge in [-0.25, -0.2) is 4.79 Å². The second-order valence-corrected chi connectivity index (χ2v) is 5.59. The van der Waals surface area contributed by atoms with Gasteiger partial charge in [-0.15, -0.1) is 0 Å². The van der Waals surface area contributed by atoms with Gasteiger partial charge in [-0.3, -0.25) is 4.79 Å². The Labute approximate surface area is 153 Å². The molecule has 0 spiro atoms. The van der Waals surface area contributed by atoms with Crippen LogP contribution in [0.2, 0.25) is 5.02 Å². The van der Waals surface area contributed by atoms with Gasteiger partial charge in [0.15, 0.2) is 6.61 Å². The standard InChI is InChI=1S/C18H16ClF2NO4/c19-15-4-2-1-3-14(15)17(24)25-11-16(23)22-10-9-12-5-7-13(8-6-12)26-18(20)21/h1-8,18H,9-11H2,(H,22,23). The molecule has 138 valence electrons. The predicted molar refractivity (Wildman–Crippen MR) is 91.5 cm³/mol. The summed E-state index contributed by atoms with van der Waals surface area (Å²) in [6.07, 6.45) is 0.485. The van der Waals surface area contributed by atoms with Gasteiger partial charge in [0, 0.05) is 6.54 Å². The molecule has 0 aliphatic heterocycles. The number of alkyl halides is 2. The number of amides is 1. The fourth-order valence-corrected chi connectivity index (χ4v) is 2.28. The molecule has 0 aromatic heterocycles. The van der Waals surface area contributed by atoms with Crippen molar-refractivity contribution >= 4 is 23.5 Å². The molecule has 0 aliphatic rings. The van der Waals surface area contributed by atoms with Crippen molar-refractivity contribution in [2.75, 3.05) is 13.2 Å². The molecule has 5 nitrogen and oxygen atoms in total. The lowest BCUT2D eigenvalue weighted by atomic mass is 10.1. The number of halogens is 3. The fourth-order valence-electron chi connectivity index (χ4n) is 2.07. The first kappa shape index (κ1) is 19.7. The monoisotopic (exact) mass is 383 g/mol. The first-order chi connectivity index (χ1) is 12.5. The van der Waals surface area contributed by atoms with Crippen LogP contribution in [0.3, 0.4) is 0 Å². The minimum Gasteiger partial charge on any atom is -0.452 e. The Balaban J connectivity index is 1.70. The van der Waals surface area contributed by atoms with E-state index in [-0.39, 0.29) is 16.3 Å². The highest BCUT2D eigenvalue weighted by Gasteiger charge is 2.13. The van der Waals surface area contributed by atoms with Crippen LogP contribution in [0.5, 0.6) is 5.75 Å². The summed E-state index contributed by atoms with van der Waals surface area (Å²) in [7, 11) is 0. The molecular weight excluding hydrogens is 368 g/mol. The zero-order valence-electron chi connectivity index (χ0n) is 13.6. The van der Waals surface area contributed by atoms with Crippen molar-refractivity contribution in [1.29, 1.82) is 0 Å². The van der Waals surface area contributed by atoms with E-state index in [1.54, 1.807) is 30.3 Å². The molecule has 1 amide bonds. The number of rotatable bonds is 8. The number of carbonyl (C=O) groups excluding carboxylic acids is 2. The van der Waals surface area contributed by atoms with Crippen LogP contribution in [-0.4, -0.2) is 31.6 Å². The molecule has 1 N–H and O–H groups in total. The Morgan fingerprint density at radius 3 is 2.42 bits per heavy atom. The van der Waals surface area contributed by atoms with Crippen molar-refractivity contribution in [2.45, 2.75) is 13.0 Å². The number of nitrogens with one attached hydrogen (secondary N) is 1. The summed E-state index contributed by atoms with van der Waals surface area (Å²) in [6.45, 7) is -2.99. The molecule has 0 saturated heterocycles. The third-order valence-electron chi connectivity index (χ3n) is 3.31. The van der Waals surface area contributed by atoms with Gasteiger partial charge in [0.2, 0.25) is 0 Å². The molecule has 0 radical (unpaired) electrons. The lowest BCUT2D eigenvalue weighted by Gasteiger charge is -2.08. The van der Waals surface area contributed by atoms with E-state index < -0.39 is 25.1 Å². The molecule has 0 bridgehead atoms. The number of esters is 1. The summed E-state index contributed by atoms with van der Waals surface area (Å²) < 4.78 is 33.3. The third-order valence-corrected chi connectivity index (χ3v) is 3.64. The lowest BCUT2D eigenvalue weighted by Crippen LogP contribution is -2.30. The van der Waals surface area contributed by atoms with E-state index >= 15 is 0 Å². The highest BCUT2D eigenvalue weighted by Crippen LogP contribution is 2.16. The predicted octanol–water partition coefficient (Wildman–Crippen LogP) is 3.46. The minimum atomic E-state index is -2.87. The van der Waals surface area contributed by atoms with Gasteiger partial charge >= 0.3 is 12.6 Å². The van der Waals surface area contributed by atoms with Gasteiger partial charge in [0.1, 0.15) is 5.75 Å². The Kier molecular flexibility index (Phi) is 7.35. The molecule has 0 heterocycles. The van der Waals surface area contributed by atoms with E-state index in [4.69, 9.17) is 16.3 Å². The van der Waals surface area contributed by atoms with E-state index in [0.29, 0.717) is 13.0 Å². The average molecular weight is 384 g/mol. The SMILES string of the molecule is O=C(COC(=O)c1ccccc1Cl)NCCc1ccc(OC(F)F)cc1. The van der Waals surface area contributed by atoms with Crippen molar-refractivity contribution < 1.29 is 27.8 Å². The van der Waals surface area contributed by atoms with Gasteiger partial charge in [-0.05, 0) is 36.2 Å². The molecule has 0 fully saturated rings. The highest BCUT2D eigenvalue weighted by atomic mass is 35.5. The summed E-state index contributed by atoms with van der Waals surface area (Å²) in [5.74, 6) is -1.07. The smallest absolute Gasteiger partial charge is 0.387 e. The summed E-state index contributed by atoms with van der Waals surface area (Å²) in [4.78, 5) is 23.5. The largest absolute Gasteiger partial charge is 0.452 e. The van der Waals surface area contributed by atoms with E-state index in [1.165, 1.54) is 18.2 Å². The Bertz CT molecular complexity index is 753. The number of benzene rings is 2. The molecule has 0 saturated carbocycles. The van der Waals surface area contributed by atoms with Crippen molar-refractivity contribution in [3.63, 3.8) is 0 Å². The molecule has 2 aromatic carbocycles. The van der Waals surface area contributed by atoms with Gasteiger partial charge in [0.25, 0.3) is 5.91 Å². The summed E-state index contributed by atoms with van der Waals surface area (Å²) >= 11 is 5.87. The zero-order valence-corrected chi connectivity index (χ0v) is 14.3. The average Bonchev–Trinajstić information content (AvgIpc) is 2.61. The maximum Gasteiger partial charge on any atom is 0.387 e. The van der Waals surface area contributed by atoms with Crippen LogP contribution < -0.4 is 10.1 Å². The summed E-state index contributed by atoms with van der Waals surface area (Å²) in [5, 5.41) is 2.85. The van der Waals surface area contributed by atoms with Crippen LogP contribution in [0.15, 0.2) is 48.5 Å². The summed E-state index contributed by atoms with van der Waals surface area (Å²) in [6, 6.07) is 12.5. The topological polar surface area (TPSA) is 64.6 Å². The highest BCUT2D eigenvalue weighted by molar-refractivity contribution is 6.33. The van der Waals surface area contributed by atoms with Crippen LogP contribution in [0, 0.1) is 0 Å². The number of hydrogen-bond acceptors (Lipinski definition) is 4. The third kappa shape index (κ3) is 6.33. The normalized spacial score (nSPS) is 10.5. The quantitative estimate of drug-likeness (QED) is 0.709. The Hall–Kier alpha value is -2.67. The molecule has 0 aliphatic carbocycles. The lowest BCUT2D eigenvalue weighted by molar-refractivity contribution is -0.124. The molecule has 8 heteroatoms. The van der Waals surface area contributed by atoms with Crippen LogP contribution >= 0.6 is 11.6 Å². The van der Waals surface area contributed by atoms with E-state index in [1.807, 2.05) is 0 Å². The van der Waals surface area contributed by atoms with Crippen LogP contribution in [0.1, 0.15) is 15.9 Å². The first-order valence-electron chi connectivity index (χ1n) is 7.68. The van der Waals surface area contributed by atoms with Gasteiger partial charge < -0.3 is 14.8 Å². The number of ether oxygens (including phenoxy) is 2. The summed E-state index contributed by atoms with van der Waals surface area (Å²) in [5.41, 5.74) is 1.02. The molecule has 0 unspecified atom stereocenters. The van der Waals surface area contributed by atoms with Gasteiger partial charge in [0.05, 0.1) is 10.6 Å².